The molecule has 2 bridgehead atoms. The van der Waals surface area contributed by atoms with Gasteiger partial charge in [-0.15, -0.1) is 0 Å². The van der Waals surface area contributed by atoms with Gasteiger partial charge < -0.3 is 58.2 Å². The van der Waals surface area contributed by atoms with Gasteiger partial charge in [-0.2, -0.15) is 13.2 Å². The molecule has 340 valence electrons. The lowest BCUT2D eigenvalue weighted by Gasteiger charge is -2.64. The summed E-state index contributed by atoms with van der Waals surface area (Å²) < 4.78 is 51.8. The van der Waals surface area contributed by atoms with Crippen LogP contribution in [0.4, 0.5) is 13.2 Å². The van der Waals surface area contributed by atoms with Crippen LogP contribution >= 0.6 is 0 Å². The van der Waals surface area contributed by atoms with Crippen molar-refractivity contribution in [3.63, 3.8) is 0 Å². The van der Waals surface area contributed by atoms with Crippen LogP contribution in [0.25, 0.3) is 11.1 Å². The molecule has 1 heterocycles. The van der Waals surface area contributed by atoms with Crippen LogP contribution in [-0.2, 0) is 34.7 Å². The van der Waals surface area contributed by atoms with E-state index in [9.17, 15) is 42.3 Å². The summed E-state index contributed by atoms with van der Waals surface area (Å²) in [4.78, 5) is 66.9. The number of carbonyl (C=O) groups excluding carboxylic acids is 5. The van der Waals surface area contributed by atoms with Crippen LogP contribution in [-0.4, -0.2) is 103 Å². The number of hydrogen-bond donors (Lipinski definition) is 9. The average molecular weight is 873 g/mol. The van der Waals surface area contributed by atoms with Gasteiger partial charge in [0.15, 0.2) is 6.17 Å². The number of unbranched alkanes of at least 4 members (excludes halogenated alkanes) is 1. The summed E-state index contributed by atoms with van der Waals surface area (Å²) in [5.41, 5.74) is 17.5. The van der Waals surface area contributed by atoms with E-state index >= 15 is 0 Å². The van der Waals surface area contributed by atoms with Crippen LogP contribution in [0.3, 0.4) is 0 Å². The van der Waals surface area contributed by atoms with Gasteiger partial charge in [-0.1, -0.05) is 38.1 Å². The monoisotopic (exact) mass is 872 g/mol. The molecule has 4 aliphatic rings. The molecule has 3 saturated carbocycles. The predicted molar refractivity (Wildman–Crippen MR) is 224 cm³/mol. The highest BCUT2D eigenvalue weighted by Gasteiger charge is 2.68. The molecule has 1 aliphatic heterocycles. The minimum absolute atomic E-state index is 0.0551. The third-order valence-electron chi connectivity index (χ3n) is 12.7. The maximum Gasteiger partial charge on any atom is 0.481 e. The molecule has 4 fully saturated rings. The molecule has 5 amide bonds. The first kappa shape index (κ1) is 48.4. The van der Waals surface area contributed by atoms with Crippen LogP contribution in [0, 0.1) is 17.3 Å². The van der Waals surface area contributed by atoms with Gasteiger partial charge in [-0.05, 0) is 125 Å². The fourth-order valence-electron chi connectivity index (χ4n) is 8.84. The Morgan fingerprint density at radius 1 is 0.790 bits per heavy atom. The van der Waals surface area contributed by atoms with Crippen LogP contribution in [0.2, 0.25) is 0 Å². The Labute approximate surface area is 359 Å². The largest absolute Gasteiger partial charge is 0.481 e. The fraction of sp³-hybridized carbons (Fsp3) is 0.595. The van der Waals surface area contributed by atoms with Crippen molar-refractivity contribution in [2.45, 2.75) is 127 Å². The number of alkyl halides is 3. The lowest BCUT2D eigenvalue weighted by molar-refractivity contribution is -0.199. The molecule has 1 saturated heterocycles. The van der Waals surface area contributed by atoms with Crippen molar-refractivity contribution >= 4 is 36.7 Å². The molecule has 20 heteroatoms. The average Bonchev–Trinajstić information content (AvgIpc) is 3.59. The van der Waals surface area contributed by atoms with Gasteiger partial charge in [0.2, 0.25) is 17.7 Å². The molecular weight excluding hydrogens is 812 g/mol. The molecule has 1 unspecified atom stereocenters. The zero-order valence-corrected chi connectivity index (χ0v) is 35.7. The van der Waals surface area contributed by atoms with Crippen molar-refractivity contribution < 1.29 is 51.6 Å². The Kier molecular flexibility index (Phi) is 15.5. The molecule has 3 aliphatic carbocycles. The highest BCUT2D eigenvalue weighted by Crippen LogP contribution is 2.65. The van der Waals surface area contributed by atoms with E-state index in [0.29, 0.717) is 42.3 Å². The van der Waals surface area contributed by atoms with E-state index in [0.717, 1.165) is 25.0 Å². The van der Waals surface area contributed by atoms with E-state index in [4.69, 9.17) is 26.5 Å². The molecule has 62 heavy (non-hydrogen) atoms. The number of carbonyl (C=O) groups is 5. The van der Waals surface area contributed by atoms with E-state index in [-0.39, 0.29) is 36.5 Å². The number of aliphatic hydroxyl groups is 1. The number of halogens is 3. The van der Waals surface area contributed by atoms with Crippen molar-refractivity contribution in [3.8, 4) is 11.1 Å². The van der Waals surface area contributed by atoms with Crippen molar-refractivity contribution in [1.29, 1.82) is 0 Å². The smallest absolute Gasteiger partial charge is 0.404 e. The number of benzene rings is 2. The second-order valence-corrected chi connectivity index (χ2v) is 17.4. The molecule has 0 aromatic heterocycles. The summed E-state index contributed by atoms with van der Waals surface area (Å²) in [6.07, 6.45) is -4.65. The minimum Gasteiger partial charge on any atom is -0.404 e. The highest BCUT2D eigenvalue weighted by atomic mass is 19.4. The molecule has 6 rings (SSSR count). The molecule has 12 N–H and O–H groups in total. The minimum atomic E-state index is -4.48. The fourth-order valence-corrected chi connectivity index (χ4v) is 8.84. The summed E-state index contributed by atoms with van der Waals surface area (Å²) in [5.74, 6) is -3.73. The molecule has 10 atom stereocenters. The predicted octanol–water partition coefficient (Wildman–Crippen LogP) is 1.47. The molecular formula is C42H60BF3N8O8. The maximum atomic E-state index is 13.6. The maximum absolute atomic E-state index is 13.6. The second kappa shape index (κ2) is 19.8. The van der Waals surface area contributed by atoms with Crippen LogP contribution in [0.15, 0.2) is 48.5 Å². The highest BCUT2D eigenvalue weighted by molar-refractivity contribution is 6.47. The van der Waals surface area contributed by atoms with Crippen molar-refractivity contribution in [1.82, 2.24) is 26.6 Å². The first-order chi connectivity index (χ1) is 29.1. The number of nitrogens with one attached hydrogen (secondary N) is 5. The van der Waals surface area contributed by atoms with Gasteiger partial charge in [-0.25, -0.2) is 0 Å². The quantitative estimate of drug-likeness (QED) is 0.0555. The Hall–Kier alpha value is -4.60. The van der Waals surface area contributed by atoms with Gasteiger partial charge in [0.1, 0.15) is 18.1 Å². The molecule has 16 nitrogen and oxygen atoms in total. The first-order valence-electron chi connectivity index (χ1n) is 21.1. The lowest BCUT2D eigenvalue weighted by atomic mass is 9.43. The SMILES string of the molecule is C[C@H](NC(=O)[C@H](CCCCN)NC(=O)[C@H](N)NC(=O)[C@@H](NC(=O)[C@H](CCN)NC(=O)c1ccc(-c2ccc(C(F)(F)F)cc2)cc1)[C@@H](C)O)B1OC2C[C@@H]3C[C@@H](C3(C)C)[C@]2(C)O1. The Bertz CT molecular complexity index is 1920. The van der Waals surface area contributed by atoms with Gasteiger partial charge in [0.25, 0.3) is 11.8 Å². The van der Waals surface area contributed by atoms with Gasteiger partial charge in [0, 0.05) is 5.56 Å². The number of amides is 5. The van der Waals surface area contributed by atoms with Crippen molar-refractivity contribution in [2.24, 2.45) is 34.5 Å². The number of nitrogens with two attached hydrogens (primary N) is 3. The van der Waals surface area contributed by atoms with Gasteiger partial charge in [0.05, 0.1) is 29.3 Å². The molecule has 2 aromatic rings. The Morgan fingerprint density at radius 3 is 1.95 bits per heavy atom. The van der Waals surface area contributed by atoms with Crippen molar-refractivity contribution in [2.75, 3.05) is 13.1 Å². The summed E-state index contributed by atoms with van der Waals surface area (Å²) in [6.45, 7) is 9.88. The second-order valence-electron chi connectivity index (χ2n) is 17.4. The van der Waals surface area contributed by atoms with E-state index in [1.807, 2.05) is 0 Å². The van der Waals surface area contributed by atoms with Crippen LogP contribution in [0.5, 0.6) is 0 Å². The van der Waals surface area contributed by atoms with E-state index < -0.39 is 90.3 Å². The number of rotatable bonds is 19. The standard InChI is InChI=1S/C42H60BF3N8O8/c1-22(55)33(53-37(58)30(17-19-48)51-35(56)26-11-9-24(10-12-26)25-13-15-27(16-14-25)42(44,45)46)38(59)54-34(49)39(60)52-29(8-6-7-18-47)36(57)50-23(2)43-61-32-21-28-20-31(40(28,3)4)41(32,5)62-43/h9-16,22-23,28-34,55H,6-8,17-21,47-49H2,1-5H3,(H,50,57)(H,51,56)(H,52,60)(H,53,58)(H,54,59)/t22-,23+,28+,29+,30+,31+,32?,33+,34-,41+/m1/s1. The lowest BCUT2D eigenvalue weighted by Crippen LogP contribution is -2.65. The topological polar surface area (TPSA) is 262 Å². The van der Waals surface area contributed by atoms with E-state index in [1.165, 1.54) is 43.3 Å². The van der Waals surface area contributed by atoms with Crippen LogP contribution < -0.4 is 43.8 Å². The Balaban J connectivity index is 1.15. The number of aliphatic hydroxyl groups excluding tert-OH is 1. The normalized spacial score (nSPS) is 24.2. The molecule has 0 radical (unpaired) electrons. The number of hydrogen-bond acceptors (Lipinski definition) is 11. The van der Waals surface area contributed by atoms with E-state index in [1.54, 1.807) is 6.92 Å². The van der Waals surface area contributed by atoms with Gasteiger partial charge >= 0.3 is 13.3 Å². The summed E-state index contributed by atoms with van der Waals surface area (Å²) in [6, 6.07) is 6.47. The third kappa shape index (κ3) is 10.9. The van der Waals surface area contributed by atoms with Crippen LogP contribution in [0.1, 0.15) is 89.1 Å². The van der Waals surface area contributed by atoms with Crippen molar-refractivity contribution in [3.05, 3.63) is 59.7 Å². The zero-order chi connectivity index (χ0) is 45.7. The first-order valence-corrected chi connectivity index (χ1v) is 21.1. The van der Waals surface area contributed by atoms with Gasteiger partial charge in [-0.3, -0.25) is 24.0 Å². The summed E-state index contributed by atoms with van der Waals surface area (Å²) in [5, 5.41) is 23.2. The van der Waals surface area contributed by atoms with E-state index in [2.05, 4.69) is 47.4 Å². The zero-order valence-electron chi connectivity index (χ0n) is 35.7. The summed E-state index contributed by atoms with van der Waals surface area (Å²) >= 11 is 0. The third-order valence-corrected chi connectivity index (χ3v) is 12.7. The Morgan fingerprint density at radius 2 is 1.39 bits per heavy atom. The molecule has 0 spiro atoms. The molecule has 2 aromatic carbocycles. The summed E-state index contributed by atoms with van der Waals surface area (Å²) in [7, 11) is -0.702.